The zero-order valence-corrected chi connectivity index (χ0v) is 16.4. The number of anilines is 1. The van der Waals surface area contributed by atoms with E-state index in [1.54, 1.807) is 36.4 Å². The van der Waals surface area contributed by atoms with Crippen molar-refractivity contribution in [2.75, 3.05) is 25.1 Å². The molecule has 0 unspecified atom stereocenters. The van der Waals surface area contributed by atoms with E-state index < -0.39 is 35.1 Å². The van der Waals surface area contributed by atoms with Gasteiger partial charge in [-0.25, -0.2) is 8.42 Å². The van der Waals surface area contributed by atoms with E-state index in [9.17, 15) is 18.0 Å². The fraction of sp³-hybridized carbons (Fsp3) is 0.263. The second-order valence-electron chi connectivity index (χ2n) is 5.80. The number of amides is 1. The minimum Gasteiger partial charge on any atom is -0.494 e. The minimum absolute atomic E-state index is 0.0409. The lowest BCUT2D eigenvalue weighted by molar-refractivity contribution is -0.146. The van der Waals surface area contributed by atoms with Gasteiger partial charge in [0.25, 0.3) is 5.91 Å². The van der Waals surface area contributed by atoms with Crippen LogP contribution >= 0.6 is 0 Å². The molecule has 9 heteroatoms. The van der Waals surface area contributed by atoms with Gasteiger partial charge in [-0.1, -0.05) is 17.7 Å². The third-order valence-electron chi connectivity index (χ3n) is 3.55. The first-order chi connectivity index (χ1) is 13.3. The molecule has 8 nitrogen and oxygen atoms in total. The Hall–Kier alpha value is -2.91. The number of nitrogens with one attached hydrogen (secondary N) is 2. The van der Waals surface area contributed by atoms with Gasteiger partial charge in [0.15, 0.2) is 6.61 Å². The second-order valence-corrected chi connectivity index (χ2v) is 7.57. The van der Waals surface area contributed by atoms with Crippen molar-refractivity contribution in [3.05, 3.63) is 54.1 Å². The molecule has 0 atom stereocenters. The van der Waals surface area contributed by atoms with Crippen LogP contribution in [0.1, 0.15) is 12.5 Å². The molecule has 0 aliphatic heterocycles. The van der Waals surface area contributed by atoms with E-state index in [2.05, 4.69) is 10.0 Å². The monoisotopic (exact) mass is 406 g/mol. The first-order valence-electron chi connectivity index (χ1n) is 8.55. The molecule has 0 saturated heterocycles. The van der Waals surface area contributed by atoms with Crippen molar-refractivity contribution in [1.29, 1.82) is 0 Å². The first kappa shape index (κ1) is 21.4. The molecule has 0 spiro atoms. The molecule has 0 fully saturated rings. The summed E-state index contributed by atoms with van der Waals surface area (Å²) < 4.78 is 36.4. The van der Waals surface area contributed by atoms with E-state index in [0.29, 0.717) is 18.0 Å². The number of sulfonamides is 1. The lowest BCUT2D eigenvalue weighted by Gasteiger charge is -2.09. The van der Waals surface area contributed by atoms with Crippen molar-refractivity contribution in [1.82, 2.24) is 4.72 Å². The van der Waals surface area contributed by atoms with Gasteiger partial charge in [-0.2, -0.15) is 4.72 Å². The highest BCUT2D eigenvalue weighted by Gasteiger charge is 2.16. The molecule has 0 bridgehead atoms. The van der Waals surface area contributed by atoms with Crippen LogP contribution < -0.4 is 14.8 Å². The zero-order chi connectivity index (χ0) is 20.6. The Bertz CT molecular complexity index is 908. The molecule has 2 aromatic rings. The summed E-state index contributed by atoms with van der Waals surface area (Å²) in [5.74, 6) is -0.732. The fourth-order valence-electron chi connectivity index (χ4n) is 2.15. The van der Waals surface area contributed by atoms with Gasteiger partial charge in [-0.15, -0.1) is 0 Å². The highest BCUT2D eigenvalue weighted by Crippen LogP contribution is 2.15. The molecule has 1 amide bonds. The maximum atomic E-state index is 12.1. The zero-order valence-electron chi connectivity index (χ0n) is 15.6. The van der Waals surface area contributed by atoms with E-state index in [0.717, 1.165) is 5.56 Å². The Morgan fingerprint density at radius 3 is 2.25 bits per heavy atom. The lowest BCUT2D eigenvalue weighted by atomic mass is 10.2. The molecule has 150 valence electrons. The average Bonchev–Trinajstić information content (AvgIpc) is 2.67. The summed E-state index contributed by atoms with van der Waals surface area (Å²) in [5, 5.41) is 2.56. The van der Waals surface area contributed by atoms with Crippen LogP contribution in [0.2, 0.25) is 0 Å². The molecule has 2 N–H and O–H groups in total. The molecule has 0 aliphatic rings. The average molecular weight is 406 g/mol. The quantitative estimate of drug-likeness (QED) is 0.615. The number of carbonyl (C=O) groups is 2. The molecular weight excluding hydrogens is 384 g/mol. The second kappa shape index (κ2) is 9.86. The van der Waals surface area contributed by atoms with Gasteiger partial charge in [0.05, 0.1) is 11.5 Å². The molecule has 28 heavy (non-hydrogen) atoms. The first-order valence-corrected chi connectivity index (χ1v) is 10.0. The topological polar surface area (TPSA) is 111 Å². The lowest BCUT2D eigenvalue weighted by Crippen LogP contribution is -2.32. The molecule has 0 aromatic heterocycles. The van der Waals surface area contributed by atoms with E-state index >= 15 is 0 Å². The van der Waals surface area contributed by atoms with Crippen molar-refractivity contribution in [3.63, 3.8) is 0 Å². The van der Waals surface area contributed by atoms with Crippen LogP contribution in [0.25, 0.3) is 0 Å². The van der Waals surface area contributed by atoms with E-state index in [-0.39, 0.29) is 4.90 Å². The maximum Gasteiger partial charge on any atom is 0.321 e. The third-order valence-corrected chi connectivity index (χ3v) is 4.97. The van der Waals surface area contributed by atoms with E-state index in [1.165, 1.54) is 12.1 Å². The SMILES string of the molecule is CCOc1ccc(NC(=O)COC(=O)CNS(=O)(=O)c2ccc(C)cc2)cc1. The van der Waals surface area contributed by atoms with Crippen LogP contribution in [0.15, 0.2) is 53.4 Å². The normalized spacial score (nSPS) is 10.9. The highest BCUT2D eigenvalue weighted by molar-refractivity contribution is 7.89. The number of carbonyl (C=O) groups excluding carboxylic acids is 2. The van der Waals surface area contributed by atoms with E-state index in [4.69, 9.17) is 9.47 Å². The number of hydrogen-bond acceptors (Lipinski definition) is 6. The van der Waals surface area contributed by atoms with Crippen molar-refractivity contribution in [2.24, 2.45) is 0 Å². The molecule has 0 heterocycles. The van der Waals surface area contributed by atoms with Crippen LogP contribution in [0.5, 0.6) is 5.75 Å². The summed E-state index contributed by atoms with van der Waals surface area (Å²) in [7, 11) is -3.83. The summed E-state index contributed by atoms with van der Waals surface area (Å²) in [6, 6.07) is 12.9. The molecule has 0 saturated carbocycles. The molecule has 2 aromatic carbocycles. The van der Waals surface area contributed by atoms with Gasteiger partial charge in [-0.05, 0) is 50.2 Å². The third kappa shape index (κ3) is 6.67. The predicted octanol–water partition coefficient (Wildman–Crippen LogP) is 1.85. The molecule has 0 radical (unpaired) electrons. The Morgan fingerprint density at radius 2 is 1.64 bits per heavy atom. The Balaban J connectivity index is 1.77. The standard InChI is InChI=1S/C19H22N2O6S/c1-3-26-16-8-6-15(7-9-16)21-18(22)13-27-19(23)12-20-28(24,25)17-10-4-14(2)5-11-17/h4-11,20H,3,12-13H2,1-2H3,(H,21,22). The van der Waals surface area contributed by atoms with Gasteiger partial charge < -0.3 is 14.8 Å². The van der Waals surface area contributed by atoms with Crippen molar-refractivity contribution < 1.29 is 27.5 Å². The van der Waals surface area contributed by atoms with Crippen LogP contribution in [-0.2, 0) is 24.3 Å². The number of rotatable bonds is 9. The van der Waals surface area contributed by atoms with Gasteiger partial charge in [0.2, 0.25) is 10.0 Å². The Kier molecular flexibility index (Phi) is 7.53. The summed E-state index contributed by atoms with van der Waals surface area (Å²) in [5.41, 5.74) is 1.43. The minimum atomic E-state index is -3.83. The number of benzene rings is 2. The maximum absolute atomic E-state index is 12.1. The van der Waals surface area contributed by atoms with Crippen molar-refractivity contribution in [2.45, 2.75) is 18.7 Å². The number of esters is 1. The smallest absolute Gasteiger partial charge is 0.321 e. The van der Waals surface area contributed by atoms with Crippen LogP contribution in [0.4, 0.5) is 5.69 Å². The summed E-state index contributed by atoms with van der Waals surface area (Å²) >= 11 is 0. The number of hydrogen-bond donors (Lipinski definition) is 2. The summed E-state index contributed by atoms with van der Waals surface area (Å²) in [6.07, 6.45) is 0. The summed E-state index contributed by atoms with van der Waals surface area (Å²) in [6.45, 7) is 3.13. The van der Waals surface area contributed by atoms with Gasteiger partial charge in [0.1, 0.15) is 12.3 Å². The molecule has 2 rings (SSSR count). The van der Waals surface area contributed by atoms with Crippen molar-refractivity contribution in [3.8, 4) is 5.75 Å². The summed E-state index contributed by atoms with van der Waals surface area (Å²) in [4.78, 5) is 23.6. The molecular formula is C19H22N2O6S. The fourth-order valence-corrected chi connectivity index (χ4v) is 3.12. The van der Waals surface area contributed by atoms with Gasteiger partial charge in [0, 0.05) is 5.69 Å². The molecule has 0 aliphatic carbocycles. The van der Waals surface area contributed by atoms with Crippen LogP contribution in [0.3, 0.4) is 0 Å². The Morgan fingerprint density at radius 1 is 1.00 bits per heavy atom. The van der Waals surface area contributed by atoms with Crippen molar-refractivity contribution >= 4 is 27.6 Å². The highest BCUT2D eigenvalue weighted by atomic mass is 32.2. The largest absolute Gasteiger partial charge is 0.494 e. The van der Waals surface area contributed by atoms with Crippen LogP contribution in [0, 0.1) is 6.92 Å². The van der Waals surface area contributed by atoms with E-state index in [1.807, 2.05) is 13.8 Å². The number of ether oxygens (including phenoxy) is 2. The van der Waals surface area contributed by atoms with Gasteiger partial charge >= 0.3 is 5.97 Å². The van der Waals surface area contributed by atoms with Crippen LogP contribution in [-0.4, -0.2) is 40.1 Å². The number of aryl methyl sites for hydroxylation is 1. The Labute approximate surface area is 163 Å². The predicted molar refractivity (Wildman–Crippen MR) is 104 cm³/mol. The van der Waals surface area contributed by atoms with Gasteiger partial charge in [-0.3, -0.25) is 9.59 Å².